The van der Waals surface area contributed by atoms with Crippen LogP contribution in [-0.4, -0.2) is 25.3 Å². The fraction of sp³-hybridized carbons (Fsp3) is 0.500. The molecule has 0 amide bonds. The van der Waals surface area contributed by atoms with Gasteiger partial charge in [-0.25, -0.2) is 8.42 Å². The van der Waals surface area contributed by atoms with Crippen molar-refractivity contribution in [2.75, 3.05) is 6.54 Å². The quantitative estimate of drug-likeness (QED) is 0.840. The summed E-state index contributed by atoms with van der Waals surface area (Å²) >= 11 is 6.06. The molecule has 2 aliphatic carbocycles. The predicted molar refractivity (Wildman–Crippen MR) is 75.8 cm³/mol. The van der Waals surface area contributed by atoms with Crippen molar-refractivity contribution in [3.05, 3.63) is 28.8 Å². The van der Waals surface area contributed by atoms with E-state index in [0.29, 0.717) is 18.0 Å². The van der Waals surface area contributed by atoms with Gasteiger partial charge in [-0.15, -0.1) is 0 Å². The van der Waals surface area contributed by atoms with Gasteiger partial charge in [0.05, 0.1) is 16.7 Å². The van der Waals surface area contributed by atoms with Gasteiger partial charge >= 0.3 is 0 Å². The van der Waals surface area contributed by atoms with Crippen LogP contribution in [0, 0.1) is 17.2 Å². The maximum Gasteiger partial charge on any atom is 0.244 e. The van der Waals surface area contributed by atoms with Gasteiger partial charge < -0.3 is 0 Å². The first-order chi connectivity index (χ1) is 9.52. The highest BCUT2D eigenvalue weighted by Crippen LogP contribution is 2.39. The summed E-state index contributed by atoms with van der Waals surface area (Å²) in [5.74, 6) is 0.502. The van der Waals surface area contributed by atoms with E-state index in [1.165, 1.54) is 18.2 Å². The van der Waals surface area contributed by atoms with Crippen molar-refractivity contribution in [1.29, 1.82) is 5.26 Å². The molecule has 2 fully saturated rings. The zero-order valence-electron chi connectivity index (χ0n) is 10.9. The fourth-order valence-corrected chi connectivity index (χ4v) is 4.55. The minimum Gasteiger partial charge on any atom is -0.207 e. The fourth-order valence-electron chi connectivity index (χ4n) is 2.27. The van der Waals surface area contributed by atoms with Gasteiger partial charge in [-0.05, 0) is 49.8 Å². The van der Waals surface area contributed by atoms with Gasteiger partial charge in [0.2, 0.25) is 10.0 Å². The molecule has 106 valence electrons. The molecule has 20 heavy (non-hydrogen) atoms. The lowest BCUT2D eigenvalue weighted by Crippen LogP contribution is -2.35. The van der Waals surface area contributed by atoms with E-state index in [4.69, 9.17) is 16.9 Å². The number of nitrogens with zero attached hydrogens (tertiary/aromatic N) is 2. The molecule has 0 heterocycles. The van der Waals surface area contributed by atoms with Crippen molar-refractivity contribution in [2.24, 2.45) is 5.92 Å². The van der Waals surface area contributed by atoms with Crippen LogP contribution in [0.3, 0.4) is 0 Å². The van der Waals surface area contributed by atoms with Crippen LogP contribution in [0.2, 0.25) is 5.02 Å². The molecule has 0 saturated heterocycles. The van der Waals surface area contributed by atoms with Crippen LogP contribution in [0.5, 0.6) is 0 Å². The van der Waals surface area contributed by atoms with Crippen LogP contribution >= 0.6 is 11.6 Å². The molecule has 2 saturated carbocycles. The molecule has 0 atom stereocenters. The molecular weight excluding hydrogens is 296 g/mol. The molecule has 0 N–H and O–H groups in total. The van der Waals surface area contributed by atoms with Gasteiger partial charge in [-0.1, -0.05) is 11.6 Å². The van der Waals surface area contributed by atoms with Crippen molar-refractivity contribution in [3.63, 3.8) is 0 Å². The average Bonchev–Trinajstić information content (AvgIpc) is 3.27. The summed E-state index contributed by atoms with van der Waals surface area (Å²) in [4.78, 5) is 0.116. The summed E-state index contributed by atoms with van der Waals surface area (Å²) in [7, 11) is -3.56. The third-order valence-electron chi connectivity index (χ3n) is 3.74. The van der Waals surface area contributed by atoms with E-state index in [1.54, 1.807) is 4.31 Å². The molecule has 0 aliphatic heterocycles. The molecule has 0 aromatic heterocycles. The second-order valence-electron chi connectivity index (χ2n) is 5.51. The molecule has 4 nitrogen and oxygen atoms in total. The summed E-state index contributed by atoms with van der Waals surface area (Å²) in [6.07, 6.45) is 4.08. The number of rotatable bonds is 5. The monoisotopic (exact) mass is 310 g/mol. The molecule has 6 heteroatoms. The molecule has 0 bridgehead atoms. The summed E-state index contributed by atoms with van der Waals surface area (Å²) in [6.45, 7) is 0.601. The SMILES string of the molecule is N#Cc1ccc(S(=O)(=O)N(CC2CC2)C2CC2)c(Cl)c1. The Bertz CT molecular complexity index is 673. The molecule has 0 unspecified atom stereocenters. The molecule has 3 rings (SSSR count). The Balaban J connectivity index is 1.95. The second kappa shape index (κ2) is 5.03. The third kappa shape index (κ3) is 2.69. The topological polar surface area (TPSA) is 61.2 Å². The van der Waals surface area contributed by atoms with E-state index >= 15 is 0 Å². The lowest BCUT2D eigenvalue weighted by atomic mass is 10.2. The van der Waals surface area contributed by atoms with E-state index in [2.05, 4.69) is 0 Å². The molecular formula is C14H15ClN2O2S. The zero-order valence-corrected chi connectivity index (χ0v) is 12.5. The maximum absolute atomic E-state index is 12.8. The molecule has 1 aromatic rings. The van der Waals surface area contributed by atoms with Gasteiger partial charge in [0.25, 0.3) is 0 Å². The van der Waals surface area contributed by atoms with Gasteiger partial charge in [-0.3, -0.25) is 0 Å². The van der Waals surface area contributed by atoms with Crippen molar-refractivity contribution >= 4 is 21.6 Å². The van der Waals surface area contributed by atoms with Crippen molar-refractivity contribution in [3.8, 4) is 6.07 Å². The largest absolute Gasteiger partial charge is 0.244 e. The Morgan fingerprint density at radius 1 is 1.30 bits per heavy atom. The Hall–Kier alpha value is -1.09. The number of nitriles is 1. The summed E-state index contributed by atoms with van der Waals surface area (Å²) in [6, 6.07) is 6.45. The minimum atomic E-state index is -3.56. The Morgan fingerprint density at radius 2 is 2.00 bits per heavy atom. The predicted octanol–water partition coefficient (Wildman–Crippen LogP) is 2.77. The number of sulfonamides is 1. The highest BCUT2D eigenvalue weighted by Gasteiger charge is 2.41. The van der Waals surface area contributed by atoms with Gasteiger partial charge in [-0.2, -0.15) is 9.57 Å². The summed E-state index contributed by atoms with van der Waals surface area (Å²) in [5.41, 5.74) is 0.370. The third-order valence-corrected chi connectivity index (χ3v) is 6.14. The second-order valence-corrected chi connectivity index (χ2v) is 7.77. The van der Waals surface area contributed by atoms with Gasteiger partial charge in [0, 0.05) is 12.6 Å². The van der Waals surface area contributed by atoms with E-state index < -0.39 is 10.0 Å². The molecule has 0 radical (unpaired) electrons. The van der Waals surface area contributed by atoms with E-state index in [1.807, 2.05) is 6.07 Å². The standard InChI is InChI=1S/C14H15ClN2O2S/c15-13-7-11(8-16)3-6-14(13)20(18,19)17(12-4-5-12)9-10-1-2-10/h3,6-7,10,12H,1-2,4-5,9H2. The van der Waals surface area contributed by atoms with Crippen LogP contribution in [0.25, 0.3) is 0 Å². The Morgan fingerprint density at radius 3 is 2.50 bits per heavy atom. The number of halogens is 1. The highest BCUT2D eigenvalue weighted by atomic mass is 35.5. The van der Waals surface area contributed by atoms with Crippen LogP contribution in [-0.2, 0) is 10.0 Å². The maximum atomic E-state index is 12.8. The first kappa shape index (κ1) is 13.9. The normalized spacial score (nSPS) is 19.1. The van der Waals surface area contributed by atoms with Gasteiger partial charge in [0.15, 0.2) is 0 Å². The van der Waals surface area contributed by atoms with Crippen LogP contribution < -0.4 is 0 Å². The molecule has 2 aliphatic rings. The smallest absolute Gasteiger partial charge is 0.207 e. The van der Waals surface area contributed by atoms with Crippen molar-refractivity contribution < 1.29 is 8.42 Å². The Kier molecular flexibility index (Phi) is 3.49. The number of hydrogen-bond acceptors (Lipinski definition) is 3. The van der Waals surface area contributed by atoms with E-state index in [9.17, 15) is 8.42 Å². The zero-order chi connectivity index (χ0) is 14.3. The minimum absolute atomic E-state index is 0.116. The van der Waals surface area contributed by atoms with Gasteiger partial charge in [0.1, 0.15) is 4.90 Å². The van der Waals surface area contributed by atoms with Crippen LogP contribution in [0.1, 0.15) is 31.2 Å². The van der Waals surface area contributed by atoms with E-state index in [0.717, 1.165) is 25.7 Å². The number of hydrogen-bond donors (Lipinski definition) is 0. The average molecular weight is 311 g/mol. The summed E-state index contributed by atoms with van der Waals surface area (Å²) < 4.78 is 27.1. The van der Waals surface area contributed by atoms with Crippen LogP contribution in [0.15, 0.2) is 23.1 Å². The van der Waals surface area contributed by atoms with Crippen molar-refractivity contribution in [2.45, 2.75) is 36.6 Å². The first-order valence-electron chi connectivity index (χ1n) is 6.74. The summed E-state index contributed by atoms with van der Waals surface area (Å²) in [5, 5.41) is 8.95. The van der Waals surface area contributed by atoms with E-state index in [-0.39, 0.29) is 16.0 Å². The highest BCUT2D eigenvalue weighted by molar-refractivity contribution is 7.89. The Labute approximate surface area is 124 Å². The lowest BCUT2D eigenvalue weighted by Gasteiger charge is -2.22. The lowest BCUT2D eigenvalue weighted by molar-refractivity contribution is 0.389. The first-order valence-corrected chi connectivity index (χ1v) is 8.55. The number of benzene rings is 1. The molecule has 1 aromatic carbocycles. The van der Waals surface area contributed by atoms with Crippen molar-refractivity contribution in [1.82, 2.24) is 4.31 Å². The van der Waals surface area contributed by atoms with Crippen LogP contribution in [0.4, 0.5) is 0 Å². The molecule has 0 spiro atoms.